The maximum absolute atomic E-state index is 13.3. The molecule has 1 amide bonds. The number of hydrogen-bond acceptors (Lipinski definition) is 6. The molecule has 1 heterocycles. The molecular weight excluding hydrogens is 430 g/mol. The fourth-order valence-electron chi connectivity index (χ4n) is 3.51. The van der Waals surface area contributed by atoms with Gasteiger partial charge in [-0.25, -0.2) is 0 Å². The lowest BCUT2D eigenvalue weighted by Crippen LogP contribution is -2.45. The average Bonchev–Trinajstić information content (AvgIpc) is 2.78. The first-order chi connectivity index (χ1) is 15.4. The van der Waals surface area contributed by atoms with E-state index in [1.165, 1.54) is 7.11 Å². The van der Waals surface area contributed by atoms with Crippen LogP contribution in [0.3, 0.4) is 0 Å². The van der Waals surface area contributed by atoms with E-state index in [2.05, 4.69) is 16.0 Å². The fourth-order valence-corrected chi connectivity index (χ4v) is 3.78. The molecule has 2 aromatic carbocycles. The van der Waals surface area contributed by atoms with Crippen molar-refractivity contribution in [3.05, 3.63) is 53.2 Å². The Morgan fingerprint density at radius 3 is 2.22 bits per heavy atom. The number of ether oxygens (including phenoxy) is 4. The summed E-state index contributed by atoms with van der Waals surface area (Å²) >= 11 is 5.35. The van der Waals surface area contributed by atoms with E-state index in [1.807, 2.05) is 26.0 Å². The Kier molecular flexibility index (Phi) is 7.42. The van der Waals surface area contributed by atoms with Crippen LogP contribution in [0.2, 0.25) is 0 Å². The molecule has 0 radical (unpaired) electrons. The fraction of sp³-hybridized carbons (Fsp3) is 0.304. The van der Waals surface area contributed by atoms with Crippen LogP contribution in [0.4, 0.5) is 5.69 Å². The molecule has 0 aromatic heterocycles. The summed E-state index contributed by atoms with van der Waals surface area (Å²) in [5.41, 5.74) is 2.52. The highest BCUT2D eigenvalue weighted by atomic mass is 32.1. The molecule has 0 unspecified atom stereocenters. The number of anilines is 1. The molecule has 3 rings (SSSR count). The van der Waals surface area contributed by atoms with Crippen molar-refractivity contribution in [2.24, 2.45) is 0 Å². The number of hydrogen-bond donors (Lipinski definition) is 3. The Balaban J connectivity index is 1.97. The summed E-state index contributed by atoms with van der Waals surface area (Å²) < 4.78 is 21.8. The number of carbonyl (C=O) groups is 1. The van der Waals surface area contributed by atoms with Gasteiger partial charge >= 0.3 is 0 Å². The summed E-state index contributed by atoms with van der Waals surface area (Å²) in [6.07, 6.45) is 0. The molecule has 0 fully saturated rings. The highest BCUT2D eigenvalue weighted by Crippen LogP contribution is 2.41. The molecule has 1 aliphatic rings. The number of allylic oxidation sites excluding steroid dienone is 1. The van der Waals surface area contributed by atoms with E-state index in [4.69, 9.17) is 31.2 Å². The van der Waals surface area contributed by atoms with E-state index in [9.17, 15) is 4.79 Å². The molecule has 2 aromatic rings. The van der Waals surface area contributed by atoms with Gasteiger partial charge < -0.3 is 34.9 Å². The van der Waals surface area contributed by atoms with Gasteiger partial charge in [-0.15, -0.1) is 0 Å². The lowest BCUT2D eigenvalue weighted by atomic mass is 9.94. The molecule has 170 valence electrons. The van der Waals surface area contributed by atoms with Crippen LogP contribution in [0.5, 0.6) is 23.0 Å². The van der Waals surface area contributed by atoms with Gasteiger partial charge in [0.1, 0.15) is 5.75 Å². The molecule has 9 heteroatoms. The van der Waals surface area contributed by atoms with E-state index in [1.54, 1.807) is 38.5 Å². The van der Waals surface area contributed by atoms with Crippen molar-refractivity contribution < 1.29 is 23.7 Å². The largest absolute Gasteiger partial charge is 0.494 e. The van der Waals surface area contributed by atoms with Gasteiger partial charge in [0, 0.05) is 11.4 Å². The maximum atomic E-state index is 13.3. The molecule has 0 spiro atoms. The molecule has 0 aliphatic carbocycles. The zero-order valence-corrected chi connectivity index (χ0v) is 19.5. The Bertz CT molecular complexity index is 1010. The molecule has 8 nitrogen and oxygen atoms in total. The van der Waals surface area contributed by atoms with Crippen LogP contribution in [0.25, 0.3) is 0 Å². The lowest BCUT2D eigenvalue weighted by molar-refractivity contribution is -0.113. The molecule has 32 heavy (non-hydrogen) atoms. The number of carbonyl (C=O) groups excluding carboxylic acids is 1. The van der Waals surface area contributed by atoms with Crippen molar-refractivity contribution in [2.75, 3.05) is 33.3 Å². The van der Waals surface area contributed by atoms with Gasteiger partial charge in [0.25, 0.3) is 5.91 Å². The molecule has 0 bridgehead atoms. The van der Waals surface area contributed by atoms with E-state index in [0.717, 1.165) is 11.3 Å². The first-order valence-electron chi connectivity index (χ1n) is 10.0. The van der Waals surface area contributed by atoms with E-state index in [0.29, 0.717) is 45.9 Å². The summed E-state index contributed by atoms with van der Waals surface area (Å²) in [7, 11) is 4.63. The van der Waals surface area contributed by atoms with Crippen LogP contribution in [-0.4, -0.2) is 39.0 Å². The van der Waals surface area contributed by atoms with Crippen LogP contribution in [0.15, 0.2) is 47.7 Å². The van der Waals surface area contributed by atoms with Gasteiger partial charge in [-0.2, -0.15) is 0 Å². The van der Waals surface area contributed by atoms with E-state index < -0.39 is 6.04 Å². The third-order valence-electron chi connectivity index (χ3n) is 4.96. The zero-order valence-electron chi connectivity index (χ0n) is 18.7. The molecule has 1 atom stereocenters. The van der Waals surface area contributed by atoms with Crippen LogP contribution in [0.1, 0.15) is 25.5 Å². The van der Waals surface area contributed by atoms with Crippen LogP contribution in [0, 0.1) is 0 Å². The number of methoxy groups -OCH3 is 3. The second kappa shape index (κ2) is 10.2. The second-order valence-corrected chi connectivity index (χ2v) is 7.35. The zero-order chi connectivity index (χ0) is 23.3. The van der Waals surface area contributed by atoms with E-state index >= 15 is 0 Å². The Labute approximate surface area is 192 Å². The van der Waals surface area contributed by atoms with Gasteiger partial charge in [-0.1, -0.05) is 0 Å². The highest BCUT2D eigenvalue weighted by Gasteiger charge is 2.31. The Morgan fingerprint density at radius 2 is 1.69 bits per heavy atom. The molecule has 0 saturated carbocycles. The smallest absolute Gasteiger partial charge is 0.255 e. The van der Waals surface area contributed by atoms with Gasteiger partial charge in [-0.3, -0.25) is 4.79 Å². The van der Waals surface area contributed by atoms with Crippen molar-refractivity contribution in [2.45, 2.75) is 19.9 Å². The predicted octanol–water partition coefficient (Wildman–Crippen LogP) is 3.54. The number of thiocarbonyl (C=S) groups is 1. The summed E-state index contributed by atoms with van der Waals surface area (Å²) in [6.45, 7) is 4.30. The first-order valence-corrected chi connectivity index (χ1v) is 10.4. The van der Waals surface area contributed by atoms with Crippen molar-refractivity contribution in [1.29, 1.82) is 0 Å². The number of benzene rings is 2. The summed E-state index contributed by atoms with van der Waals surface area (Å²) in [5, 5.41) is 9.57. The topological polar surface area (TPSA) is 90.1 Å². The Hall–Kier alpha value is -3.46. The Morgan fingerprint density at radius 1 is 1.06 bits per heavy atom. The SMILES string of the molecule is CCOc1ccc(NC(=O)C2=C(C)NC(=S)N[C@H]2c2cc(OC)c(OC)c(OC)c2)cc1. The summed E-state index contributed by atoms with van der Waals surface area (Å²) in [4.78, 5) is 13.3. The predicted molar refractivity (Wildman–Crippen MR) is 127 cm³/mol. The quantitative estimate of drug-likeness (QED) is 0.519. The minimum Gasteiger partial charge on any atom is -0.494 e. The minimum absolute atomic E-state index is 0.270. The van der Waals surface area contributed by atoms with Gasteiger partial charge in [0.05, 0.1) is 39.6 Å². The van der Waals surface area contributed by atoms with Gasteiger partial charge in [0.2, 0.25) is 5.75 Å². The third kappa shape index (κ3) is 4.88. The highest BCUT2D eigenvalue weighted by molar-refractivity contribution is 7.80. The van der Waals surface area contributed by atoms with Crippen molar-refractivity contribution in [3.8, 4) is 23.0 Å². The van der Waals surface area contributed by atoms with Gasteiger partial charge in [-0.05, 0) is 68.0 Å². The van der Waals surface area contributed by atoms with Crippen molar-refractivity contribution >= 4 is 28.9 Å². The molecule has 1 aliphatic heterocycles. The van der Waals surface area contributed by atoms with Crippen LogP contribution < -0.4 is 34.9 Å². The second-order valence-electron chi connectivity index (χ2n) is 6.94. The summed E-state index contributed by atoms with van der Waals surface area (Å²) in [5.74, 6) is 1.90. The lowest BCUT2D eigenvalue weighted by Gasteiger charge is -2.31. The number of rotatable bonds is 8. The normalized spacial score (nSPS) is 15.4. The van der Waals surface area contributed by atoms with Crippen LogP contribution >= 0.6 is 12.2 Å². The van der Waals surface area contributed by atoms with E-state index in [-0.39, 0.29) is 5.91 Å². The number of nitrogens with one attached hydrogen (secondary N) is 3. The standard InChI is InChI=1S/C23H27N3O5S/c1-6-31-16-9-7-15(8-10-16)25-22(27)19-13(2)24-23(32)26-20(19)14-11-17(28-3)21(30-5)18(12-14)29-4/h7-12,20H,6H2,1-5H3,(H,25,27)(H2,24,26,32)/t20-/m0/s1. The monoisotopic (exact) mass is 457 g/mol. The third-order valence-corrected chi connectivity index (χ3v) is 5.18. The molecule has 0 saturated heterocycles. The number of amides is 1. The first kappa shape index (κ1) is 23.2. The minimum atomic E-state index is -0.528. The maximum Gasteiger partial charge on any atom is 0.255 e. The van der Waals surface area contributed by atoms with Crippen LogP contribution in [-0.2, 0) is 4.79 Å². The summed E-state index contributed by atoms with van der Waals surface area (Å²) in [6, 6.07) is 10.3. The average molecular weight is 458 g/mol. The van der Waals surface area contributed by atoms with Gasteiger partial charge in [0.15, 0.2) is 16.6 Å². The van der Waals surface area contributed by atoms with Crippen molar-refractivity contribution in [3.63, 3.8) is 0 Å². The molecule has 3 N–H and O–H groups in total. The van der Waals surface area contributed by atoms with Crippen molar-refractivity contribution in [1.82, 2.24) is 10.6 Å². The molecular formula is C23H27N3O5S.